The Labute approximate surface area is 160 Å². The van der Waals surface area contributed by atoms with Gasteiger partial charge in [-0.3, -0.25) is 4.79 Å². The Kier molecular flexibility index (Phi) is 5.36. The number of methoxy groups -OCH3 is 1. The van der Waals surface area contributed by atoms with E-state index in [4.69, 9.17) is 10.5 Å². The first-order valence-corrected chi connectivity index (χ1v) is 9.18. The molecule has 0 spiro atoms. The van der Waals surface area contributed by atoms with Crippen molar-refractivity contribution < 1.29 is 9.53 Å². The topological polar surface area (TPSA) is 57.2 Å². The van der Waals surface area contributed by atoms with Crippen LogP contribution in [0.25, 0.3) is 11.1 Å². The van der Waals surface area contributed by atoms with E-state index in [-0.39, 0.29) is 0 Å². The lowest BCUT2D eigenvalue weighted by Crippen LogP contribution is -2.13. The second kappa shape index (κ2) is 7.70. The molecule has 1 amide bonds. The molecule has 140 valence electrons. The van der Waals surface area contributed by atoms with Crippen molar-refractivity contribution in [1.29, 1.82) is 0 Å². The van der Waals surface area contributed by atoms with Crippen LogP contribution in [0.2, 0.25) is 0 Å². The van der Waals surface area contributed by atoms with Crippen molar-refractivity contribution in [1.82, 2.24) is 4.57 Å². The molecule has 27 heavy (non-hydrogen) atoms. The molecule has 2 aromatic carbocycles. The number of ether oxygens (including phenoxy) is 1. The summed E-state index contributed by atoms with van der Waals surface area (Å²) in [5, 5.41) is 0. The lowest BCUT2D eigenvalue weighted by molar-refractivity contribution is 0.1000. The van der Waals surface area contributed by atoms with Crippen LogP contribution in [0.15, 0.2) is 48.5 Å². The molecular weight excluding hydrogens is 336 g/mol. The monoisotopic (exact) mass is 362 g/mol. The summed E-state index contributed by atoms with van der Waals surface area (Å²) < 4.78 is 7.59. The van der Waals surface area contributed by atoms with Gasteiger partial charge in [0.15, 0.2) is 0 Å². The number of hydrogen-bond donors (Lipinski definition) is 1. The van der Waals surface area contributed by atoms with Crippen molar-refractivity contribution in [3.8, 4) is 16.9 Å². The van der Waals surface area contributed by atoms with E-state index in [1.54, 1.807) is 7.11 Å². The summed E-state index contributed by atoms with van der Waals surface area (Å²) in [7, 11) is 1.66. The number of amides is 1. The first kappa shape index (κ1) is 18.8. The number of nitrogens with two attached hydrogens (primary N) is 1. The summed E-state index contributed by atoms with van der Waals surface area (Å²) >= 11 is 0. The fourth-order valence-corrected chi connectivity index (χ4v) is 3.79. The SMILES string of the molecule is CCc1c(-c2ccc(OC)c(C)c2)c(C(N)=O)c(C)n1Cc1ccccc1. The molecule has 0 saturated heterocycles. The highest BCUT2D eigenvalue weighted by Gasteiger charge is 2.24. The normalized spacial score (nSPS) is 10.8. The van der Waals surface area contributed by atoms with E-state index in [0.29, 0.717) is 12.1 Å². The first-order valence-electron chi connectivity index (χ1n) is 9.18. The van der Waals surface area contributed by atoms with E-state index in [9.17, 15) is 4.79 Å². The predicted octanol–water partition coefficient (Wildman–Crippen LogP) is 4.49. The molecule has 4 nitrogen and oxygen atoms in total. The first-order chi connectivity index (χ1) is 13.0. The van der Waals surface area contributed by atoms with Gasteiger partial charge in [0.05, 0.1) is 12.7 Å². The Balaban J connectivity index is 2.22. The highest BCUT2D eigenvalue weighted by atomic mass is 16.5. The number of aromatic nitrogens is 1. The van der Waals surface area contributed by atoms with Crippen molar-refractivity contribution in [3.05, 3.63) is 76.6 Å². The maximum atomic E-state index is 12.3. The molecular formula is C23H26N2O2. The van der Waals surface area contributed by atoms with Gasteiger partial charge in [-0.2, -0.15) is 0 Å². The zero-order chi connectivity index (χ0) is 19.6. The largest absolute Gasteiger partial charge is 0.496 e. The molecule has 0 aliphatic heterocycles. The second-order valence-electron chi connectivity index (χ2n) is 6.76. The van der Waals surface area contributed by atoms with Gasteiger partial charge in [-0.15, -0.1) is 0 Å². The minimum atomic E-state index is -0.391. The zero-order valence-electron chi connectivity index (χ0n) is 16.4. The van der Waals surface area contributed by atoms with Crippen molar-refractivity contribution in [2.45, 2.75) is 33.7 Å². The molecule has 0 atom stereocenters. The third-order valence-electron chi connectivity index (χ3n) is 5.08. The van der Waals surface area contributed by atoms with Gasteiger partial charge in [-0.05, 0) is 49.1 Å². The summed E-state index contributed by atoms with van der Waals surface area (Å²) in [4.78, 5) is 12.3. The summed E-state index contributed by atoms with van der Waals surface area (Å²) in [6.45, 7) is 6.81. The number of primary amides is 1. The molecule has 3 aromatic rings. The summed E-state index contributed by atoms with van der Waals surface area (Å²) in [6, 6.07) is 16.3. The van der Waals surface area contributed by atoms with E-state index < -0.39 is 5.91 Å². The van der Waals surface area contributed by atoms with E-state index in [1.807, 2.05) is 44.2 Å². The number of rotatable bonds is 6. The van der Waals surface area contributed by atoms with Gasteiger partial charge < -0.3 is 15.0 Å². The fraction of sp³-hybridized carbons (Fsp3) is 0.261. The van der Waals surface area contributed by atoms with Crippen molar-refractivity contribution >= 4 is 5.91 Å². The molecule has 0 saturated carbocycles. The Morgan fingerprint density at radius 1 is 1.11 bits per heavy atom. The fourth-order valence-electron chi connectivity index (χ4n) is 3.79. The van der Waals surface area contributed by atoms with Gasteiger partial charge in [0, 0.05) is 23.5 Å². The van der Waals surface area contributed by atoms with Crippen molar-refractivity contribution in [2.24, 2.45) is 5.73 Å². The third-order valence-corrected chi connectivity index (χ3v) is 5.08. The molecule has 0 bridgehead atoms. The van der Waals surface area contributed by atoms with Crippen LogP contribution in [0.3, 0.4) is 0 Å². The predicted molar refractivity (Wildman–Crippen MR) is 109 cm³/mol. The minimum Gasteiger partial charge on any atom is -0.496 e. The maximum Gasteiger partial charge on any atom is 0.251 e. The highest BCUT2D eigenvalue weighted by molar-refractivity contribution is 6.02. The molecule has 0 unspecified atom stereocenters. The van der Waals surface area contributed by atoms with Crippen molar-refractivity contribution in [2.75, 3.05) is 7.11 Å². The van der Waals surface area contributed by atoms with Crippen LogP contribution in [-0.2, 0) is 13.0 Å². The average Bonchev–Trinajstić information content (AvgIpc) is 2.94. The van der Waals surface area contributed by atoms with Gasteiger partial charge in [0.1, 0.15) is 5.75 Å². The zero-order valence-corrected chi connectivity index (χ0v) is 16.4. The van der Waals surface area contributed by atoms with Crippen LogP contribution >= 0.6 is 0 Å². The van der Waals surface area contributed by atoms with Gasteiger partial charge >= 0.3 is 0 Å². The van der Waals surface area contributed by atoms with Crippen LogP contribution in [0.4, 0.5) is 0 Å². The molecule has 4 heteroatoms. The van der Waals surface area contributed by atoms with Crippen LogP contribution in [0.5, 0.6) is 5.75 Å². The van der Waals surface area contributed by atoms with E-state index in [0.717, 1.165) is 40.2 Å². The lowest BCUT2D eigenvalue weighted by Gasteiger charge is -2.13. The molecule has 3 rings (SSSR count). The summed E-state index contributed by atoms with van der Waals surface area (Å²) in [5.41, 5.74) is 12.6. The number of nitrogens with zero attached hydrogens (tertiary/aromatic N) is 1. The molecule has 1 aromatic heterocycles. The quantitative estimate of drug-likeness (QED) is 0.702. The molecule has 1 heterocycles. The molecule has 0 aliphatic carbocycles. The Morgan fingerprint density at radius 3 is 2.37 bits per heavy atom. The van der Waals surface area contributed by atoms with E-state index in [2.05, 4.69) is 29.7 Å². The molecule has 0 aliphatic rings. The Bertz CT molecular complexity index is 972. The third kappa shape index (κ3) is 3.47. The maximum absolute atomic E-state index is 12.3. The number of carbonyl (C=O) groups is 1. The number of carbonyl (C=O) groups excluding carboxylic acids is 1. The summed E-state index contributed by atoms with van der Waals surface area (Å²) in [6.07, 6.45) is 0.807. The van der Waals surface area contributed by atoms with Crippen LogP contribution in [0, 0.1) is 13.8 Å². The van der Waals surface area contributed by atoms with E-state index in [1.165, 1.54) is 5.56 Å². The van der Waals surface area contributed by atoms with Gasteiger partial charge in [0.2, 0.25) is 0 Å². The molecule has 0 fully saturated rings. The second-order valence-corrected chi connectivity index (χ2v) is 6.76. The number of benzene rings is 2. The number of hydrogen-bond acceptors (Lipinski definition) is 2. The van der Waals surface area contributed by atoms with E-state index >= 15 is 0 Å². The Hall–Kier alpha value is -3.01. The number of aryl methyl sites for hydroxylation is 1. The highest BCUT2D eigenvalue weighted by Crippen LogP contribution is 2.35. The molecule has 2 N–H and O–H groups in total. The van der Waals surface area contributed by atoms with Gasteiger partial charge in [-0.25, -0.2) is 0 Å². The van der Waals surface area contributed by atoms with Crippen molar-refractivity contribution in [3.63, 3.8) is 0 Å². The van der Waals surface area contributed by atoms with Gasteiger partial charge in [-0.1, -0.05) is 43.3 Å². The van der Waals surface area contributed by atoms with Crippen LogP contribution in [0.1, 0.15) is 39.8 Å². The van der Waals surface area contributed by atoms with Gasteiger partial charge in [0.25, 0.3) is 5.91 Å². The Morgan fingerprint density at radius 2 is 1.81 bits per heavy atom. The molecule has 0 radical (unpaired) electrons. The summed E-state index contributed by atoms with van der Waals surface area (Å²) in [5.74, 6) is 0.440. The average molecular weight is 362 g/mol. The minimum absolute atomic E-state index is 0.391. The standard InChI is InChI=1S/C23H26N2O2/c1-5-19-22(18-11-12-20(27-4)15(2)13-18)21(23(24)26)16(3)25(19)14-17-9-7-6-8-10-17/h6-13H,5,14H2,1-4H3,(H2,24,26). The lowest BCUT2D eigenvalue weighted by atomic mass is 9.97. The smallest absolute Gasteiger partial charge is 0.251 e. The van der Waals surface area contributed by atoms with Crippen LogP contribution in [-0.4, -0.2) is 17.6 Å². The van der Waals surface area contributed by atoms with Crippen LogP contribution < -0.4 is 10.5 Å².